The minimum Gasteiger partial charge on any atom is -0.479 e. The van der Waals surface area contributed by atoms with Crippen LogP contribution in [0.15, 0.2) is 0 Å². The summed E-state index contributed by atoms with van der Waals surface area (Å²) in [5.74, 6) is -2.67. The Morgan fingerprint density at radius 3 is 2.65 bits per heavy atom. The van der Waals surface area contributed by atoms with Gasteiger partial charge in [0.05, 0.1) is 7.11 Å². The number of aliphatic hydroxyl groups is 1. The second kappa shape index (κ2) is 5.97. The van der Waals surface area contributed by atoms with Gasteiger partial charge in [0.15, 0.2) is 0 Å². The van der Waals surface area contributed by atoms with Crippen LogP contribution in [0.25, 0.3) is 0 Å². The van der Waals surface area contributed by atoms with E-state index >= 15 is 0 Å². The van der Waals surface area contributed by atoms with Gasteiger partial charge in [-0.3, -0.25) is 0 Å². The van der Waals surface area contributed by atoms with Crippen LogP contribution in [0.5, 0.6) is 0 Å². The maximum absolute atomic E-state index is 11.3. The molecule has 1 aliphatic heterocycles. The van der Waals surface area contributed by atoms with Crippen molar-refractivity contribution in [2.45, 2.75) is 43.7 Å². The quantitative estimate of drug-likeness (QED) is 0.462. The van der Waals surface area contributed by atoms with E-state index in [4.69, 9.17) is 5.11 Å². The Kier molecular flexibility index (Phi) is 4.89. The van der Waals surface area contributed by atoms with Crippen molar-refractivity contribution in [3.05, 3.63) is 0 Å². The number of hydrogen-bond acceptors (Lipinski definition) is 5. The number of aliphatic carboxylic acids is 1. The molecule has 3 N–H and O–H groups in total. The molecule has 0 aromatic carbocycles. The fourth-order valence-electron chi connectivity index (χ4n) is 2.02. The van der Waals surface area contributed by atoms with Crippen LogP contribution < -0.4 is 5.32 Å². The molecule has 1 saturated heterocycles. The van der Waals surface area contributed by atoms with Gasteiger partial charge in [-0.15, -0.1) is 0 Å². The summed E-state index contributed by atoms with van der Waals surface area (Å²) < 4.78 is 4.33. The van der Waals surface area contributed by atoms with Gasteiger partial charge in [-0.2, -0.15) is 0 Å². The Hall–Kier alpha value is -1.14. The van der Waals surface area contributed by atoms with E-state index in [9.17, 15) is 14.7 Å². The SMILES string of the molecule is COC(=O)[C@@](O)(CCC1CCCCN1)C(=O)O. The first-order valence-electron chi connectivity index (χ1n) is 5.78. The zero-order valence-electron chi connectivity index (χ0n) is 9.94. The highest BCUT2D eigenvalue weighted by Gasteiger charge is 2.45. The van der Waals surface area contributed by atoms with Crippen LogP contribution in [0.1, 0.15) is 32.1 Å². The minimum absolute atomic E-state index is 0.132. The molecule has 0 radical (unpaired) electrons. The molecule has 1 rings (SSSR count). The number of carbonyl (C=O) groups is 2. The molecular formula is C11H19NO5. The van der Waals surface area contributed by atoms with Crippen LogP contribution >= 0.6 is 0 Å². The van der Waals surface area contributed by atoms with E-state index in [0.717, 1.165) is 32.9 Å². The third kappa shape index (κ3) is 3.41. The Balaban J connectivity index is 2.54. The summed E-state index contributed by atoms with van der Waals surface area (Å²) in [7, 11) is 1.06. The van der Waals surface area contributed by atoms with Crippen molar-refractivity contribution in [2.75, 3.05) is 13.7 Å². The van der Waals surface area contributed by atoms with Crippen molar-refractivity contribution in [3.8, 4) is 0 Å². The molecule has 0 bridgehead atoms. The molecule has 1 aliphatic rings. The minimum atomic E-state index is -2.42. The Morgan fingerprint density at radius 1 is 1.47 bits per heavy atom. The highest BCUT2D eigenvalue weighted by atomic mass is 16.5. The molecule has 2 atom stereocenters. The first kappa shape index (κ1) is 13.9. The number of methoxy groups -OCH3 is 1. The highest BCUT2D eigenvalue weighted by molar-refractivity contribution is 6.02. The molecule has 6 nitrogen and oxygen atoms in total. The number of rotatable bonds is 5. The average molecular weight is 245 g/mol. The van der Waals surface area contributed by atoms with Gasteiger partial charge >= 0.3 is 11.9 Å². The second-order valence-electron chi connectivity index (χ2n) is 4.34. The number of ether oxygens (including phenoxy) is 1. The van der Waals surface area contributed by atoms with E-state index in [1.807, 2.05) is 0 Å². The van der Waals surface area contributed by atoms with Gasteiger partial charge in [0, 0.05) is 6.04 Å². The van der Waals surface area contributed by atoms with Crippen LogP contribution in [-0.2, 0) is 14.3 Å². The first-order chi connectivity index (χ1) is 8.00. The van der Waals surface area contributed by atoms with Crippen molar-refractivity contribution in [2.24, 2.45) is 0 Å². The van der Waals surface area contributed by atoms with E-state index in [2.05, 4.69) is 10.1 Å². The molecular weight excluding hydrogens is 226 g/mol. The summed E-state index contributed by atoms with van der Waals surface area (Å²) in [5, 5.41) is 21.9. The molecule has 0 saturated carbocycles. The highest BCUT2D eigenvalue weighted by Crippen LogP contribution is 2.20. The molecule has 1 heterocycles. The summed E-state index contributed by atoms with van der Waals surface area (Å²) in [6.07, 6.45) is 3.44. The Morgan fingerprint density at radius 2 is 2.18 bits per heavy atom. The van der Waals surface area contributed by atoms with Gasteiger partial charge in [-0.25, -0.2) is 9.59 Å². The largest absolute Gasteiger partial charge is 0.479 e. The number of carboxylic acid groups (broad SMARTS) is 1. The number of hydrogen-bond donors (Lipinski definition) is 3. The van der Waals surface area contributed by atoms with E-state index in [1.165, 1.54) is 0 Å². The van der Waals surface area contributed by atoms with Gasteiger partial charge in [-0.05, 0) is 32.2 Å². The van der Waals surface area contributed by atoms with E-state index in [-0.39, 0.29) is 12.5 Å². The number of carboxylic acids is 1. The van der Waals surface area contributed by atoms with E-state index in [1.54, 1.807) is 0 Å². The van der Waals surface area contributed by atoms with Crippen molar-refractivity contribution in [3.63, 3.8) is 0 Å². The van der Waals surface area contributed by atoms with Crippen molar-refractivity contribution >= 4 is 11.9 Å². The molecule has 0 spiro atoms. The fourth-order valence-corrected chi connectivity index (χ4v) is 2.02. The van der Waals surface area contributed by atoms with Gasteiger partial charge < -0.3 is 20.3 Å². The monoisotopic (exact) mass is 245 g/mol. The predicted octanol–water partition coefficient (Wildman–Crippen LogP) is -0.103. The van der Waals surface area contributed by atoms with E-state index in [0.29, 0.717) is 6.42 Å². The maximum Gasteiger partial charge on any atom is 0.349 e. The zero-order chi connectivity index (χ0) is 12.9. The van der Waals surface area contributed by atoms with Crippen molar-refractivity contribution in [1.82, 2.24) is 5.32 Å². The van der Waals surface area contributed by atoms with Crippen LogP contribution in [0, 0.1) is 0 Å². The third-order valence-electron chi connectivity index (χ3n) is 3.14. The molecule has 6 heteroatoms. The normalized spacial score (nSPS) is 23.8. The van der Waals surface area contributed by atoms with Gasteiger partial charge in [-0.1, -0.05) is 6.42 Å². The average Bonchev–Trinajstić information content (AvgIpc) is 2.35. The summed E-state index contributed by atoms with van der Waals surface area (Å²) in [5.41, 5.74) is -2.42. The van der Waals surface area contributed by atoms with E-state index < -0.39 is 17.5 Å². The molecule has 1 fully saturated rings. The summed E-state index contributed by atoms with van der Waals surface area (Å²) in [6, 6.07) is 0.166. The number of nitrogens with one attached hydrogen (secondary N) is 1. The van der Waals surface area contributed by atoms with Gasteiger partial charge in [0.2, 0.25) is 0 Å². The van der Waals surface area contributed by atoms with Gasteiger partial charge in [0.25, 0.3) is 5.60 Å². The lowest BCUT2D eigenvalue weighted by Gasteiger charge is -2.26. The second-order valence-corrected chi connectivity index (χ2v) is 4.34. The number of carbonyl (C=O) groups excluding carboxylic acids is 1. The molecule has 0 aromatic heterocycles. The summed E-state index contributed by atoms with van der Waals surface area (Å²) >= 11 is 0. The molecule has 0 amide bonds. The number of esters is 1. The fraction of sp³-hybridized carbons (Fsp3) is 0.818. The van der Waals surface area contributed by atoms with Crippen LogP contribution in [0.3, 0.4) is 0 Å². The van der Waals surface area contributed by atoms with Crippen molar-refractivity contribution in [1.29, 1.82) is 0 Å². The predicted molar refractivity (Wildman–Crippen MR) is 59.5 cm³/mol. The van der Waals surface area contributed by atoms with Crippen LogP contribution in [0.2, 0.25) is 0 Å². The molecule has 0 aromatic rings. The zero-order valence-corrected chi connectivity index (χ0v) is 9.94. The third-order valence-corrected chi connectivity index (χ3v) is 3.14. The smallest absolute Gasteiger partial charge is 0.349 e. The lowest BCUT2D eigenvalue weighted by atomic mass is 9.92. The molecule has 98 valence electrons. The summed E-state index contributed by atoms with van der Waals surface area (Å²) in [4.78, 5) is 22.2. The van der Waals surface area contributed by atoms with Crippen LogP contribution in [0.4, 0.5) is 0 Å². The van der Waals surface area contributed by atoms with Crippen molar-refractivity contribution < 1.29 is 24.5 Å². The summed E-state index contributed by atoms with van der Waals surface area (Å²) in [6.45, 7) is 0.897. The maximum atomic E-state index is 11.3. The Labute approximate surface area is 100.0 Å². The molecule has 17 heavy (non-hydrogen) atoms. The molecule has 0 aliphatic carbocycles. The van der Waals surface area contributed by atoms with Crippen LogP contribution in [-0.4, -0.2) is 47.4 Å². The lowest BCUT2D eigenvalue weighted by Crippen LogP contribution is -2.48. The topological polar surface area (TPSA) is 95.9 Å². The lowest BCUT2D eigenvalue weighted by molar-refractivity contribution is -0.179. The first-order valence-corrected chi connectivity index (χ1v) is 5.78. The molecule has 1 unspecified atom stereocenters. The van der Waals surface area contributed by atoms with Gasteiger partial charge in [0.1, 0.15) is 0 Å². The standard InChI is InChI=1S/C11H19NO5/c1-17-10(15)11(16,9(13)14)6-5-8-4-2-3-7-12-8/h8,12,16H,2-7H2,1H3,(H,13,14)/t8?,11-/m1/s1. The Bertz CT molecular complexity index is 288. The number of piperidine rings is 1.